The van der Waals surface area contributed by atoms with Gasteiger partial charge in [0.2, 0.25) is 5.91 Å². The number of nitrogens with zero attached hydrogens (tertiary/aromatic N) is 1. The maximum atomic E-state index is 13.8. The van der Waals surface area contributed by atoms with E-state index in [-0.39, 0.29) is 24.6 Å². The molecular weight excluding hydrogens is 439 g/mol. The summed E-state index contributed by atoms with van der Waals surface area (Å²) in [4.78, 5) is 40.8. The standard InChI is InChI=1S/C26H33FN2O5/c1-14-3-4-19(8-21(14)27)28-23(31)15(2)34-24(32)22-9-20(30)13-29(22)25(33)26-10-16-5-17(11-26)7-18(6-16)12-26/h3-4,8,15-18,20,22,30H,5-7,9-13H2,1-2H3,(H,28,31)/t15-,16?,17?,18?,20-,22+,26?/m1/s1. The quantitative estimate of drug-likeness (QED) is 0.642. The summed E-state index contributed by atoms with van der Waals surface area (Å²) >= 11 is 0. The first-order chi connectivity index (χ1) is 16.1. The van der Waals surface area contributed by atoms with E-state index in [2.05, 4.69) is 5.32 Å². The Bertz CT molecular complexity index is 976. The predicted octanol–water partition coefficient (Wildman–Crippen LogP) is 3.18. The first-order valence-corrected chi connectivity index (χ1v) is 12.4. The van der Waals surface area contributed by atoms with Crippen LogP contribution in [0.3, 0.4) is 0 Å². The van der Waals surface area contributed by atoms with Crippen molar-refractivity contribution in [1.82, 2.24) is 4.90 Å². The van der Waals surface area contributed by atoms with Crippen LogP contribution >= 0.6 is 0 Å². The lowest BCUT2D eigenvalue weighted by atomic mass is 9.49. The second-order valence-corrected chi connectivity index (χ2v) is 11.1. The number of β-amino-alcohol motifs (C(OH)–C–C–N with tert-alkyl or cyclic N) is 1. The van der Waals surface area contributed by atoms with E-state index < -0.39 is 41.4 Å². The molecule has 1 heterocycles. The zero-order valence-electron chi connectivity index (χ0n) is 19.8. The van der Waals surface area contributed by atoms with E-state index in [4.69, 9.17) is 4.74 Å². The van der Waals surface area contributed by atoms with Gasteiger partial charge in [-0.05, 0) is 87.8 Å². The first kappa shape index (κ1) is 23.3. The van der Waals surface area contributed by atoms with Gasteiger partial charge in [-0.1, -0.05) is 6.07 Å². The van der Waals surface area contributed by atoms with E-state index in [1.54, 1.807) is 19.1 Å². The number of aliphatic hydroxyl groups is 1. The van der Waals surface area contributed by atoms with Crippen molar-refractivity contribution < 1.29 is 28.6 Å². The van der Waals surface area contributed by atoms with Gasteiger partial charge in [0, 0.05) is 18.7 Å². The van der Waals surface area contributed by atoms with E-state index in [0.717, 1.165) is 19.3 Å². The lowest BCUT2D eigenvalue weighted by molar-refractivity contribution is -0.168. The molecule has 1 aliphatic heterocycles. The van der Waals surface area contributed by atoms with Gasteiger partial charge >= 0.3 is 5.97 Å². The van der Waals surface area contributed by atoms with Gasteiger partial charge in [-0.25, -0.2) is 9.18 Å². The van der Waals surface area contributed by atoms with Crippen molar-refractivity contribution in [2.24, 2.45) is 23.2 Å². The minimum Gasteiger partial charge on any atom is -0.451 e. The molecule has 184 valence electrons. The number of carbonyl (C=O) groups is 3. The number of nitrogens with one attached hydrogen (secondary N) is 1. The second-order valence-electron chi connectivity index (χ2n) is 11.1. The molecule has 2 amide bonds. The summed E-state index contributed by atoms with van der Waals surface area (Å²) in [6.07, 6.45) is 4.41. The molecule has 4 aliphatic carbocycles. The molecule has 1 aromatic carbocycles. The normalized spacial score (nSPS) is 34.7. The van der Waals surface area contributed by atoms with Crippen molar-refractivity contribution in [3.05, 3.63) is 29.6 Å². The molecule has 3 atom stereocenters. The number of aryl methyl sites for hydroxylation is 1. The Morgan fingerprint density at radius 3 is 2.32 bits per heavy atom. The van der Waals surface area contributed by atoms with Gasteiger partial charge in [0.05, 0.1) is 11.5 Å². The Hall–Kier alpha value is -2.48. The summed E-state index contributed by atoms with van der Waals surface area (Å²) in [7, 11) is 0. The number of amides is 2. The maximum absolute atomic E-state index is 13.8. The Kier molecular flexibility index (Phi) is 5.91. The molecule has 0 spiro atoms. The zero-order chi connectivity index (χ0) is 24.2. The molecule has 2 N–H and O–H groups in total. The highest BCUT2D eigenvalue weighted by Crippen LogP contribution is 2.60. The maximum Gasteiger partial charge on any atom is 0.329 e. The summed E-state index contributed by atoms with van der Waals surface area (Å²) in [6.45, 7) is 3.18. The topological polar surface area (TPSA) is 95.9 Å². The van der Waals surface area contributed by atoms with Crippen LogP contribution in [0.15, 0.2) is 18.2 Å². The van der Waals surface area contributed by atoms with Crippen LogP contribution in [-0.4, -0.2) is 52.6 Å². The number of anilines is 1. The molecule has 1 saturated heterocycles. The average molecular weight is 473 g/mol. The van der Waals surface area contributed by atoms with Crippen molar-refractivity contribution >= 4 is 23.5 Å². The van der Waals surface area contributed by atoms with Gasteiger partial charge in [-0.3, -0.25) is 9.59 Å². The van der Waals surface area contributed by atoms with Crippen LogP contribution in [0.5, 0.6) is 0 Å². The third-order valence-electron chi connectivity index (χ3n) is 8.41. The van der Waals surface area contributed by atoms with E-state index >= 15 is 0 Å². The highest BCUT2D eigenvalue weighted by Gasteiger charge is 2.57. The van der Waals surface area contributed by atoms with Gasteiger partial charge < -0.3 is 20.1 Å². The number of hydrogen-bond donors (Lipinski definition) is 2. The lowest BCUT2D eigenvalue weighted by Gasteiger charge is -2.56. The van der Waals surface area contributed by atoms with Crippen molar-refractivity contribution in [2.75, 3.05) is 11.9 Å². The van der Waals surface area contributed by atoms with E-state index in [9.17, 15) is 23.9 Å². The SMILES string of the molecule is Cc1ccc(NC(=O)[C@@H](C)OC(=O)[C@@H]2C[C@@H](O)CN2C(=O)C23CC4CC(CC(C4)C2)C3)cc1F. The van der Waals surface area contributed by atoms with Crippen molar-refractivity contribution in [1.29, 1.82) is 0 Å². The number of benzene rings is 1. The smallest absolute Gasteiger partial charge is 0.329 e. The number of ether oxygens (including phenoxy) is 1. The number of carbonyl (C=O) groups excluding carboxylic acids is 3. The van der Waals surface area contributed by atoms with Crippen LogP contribution in [0.4, 0.5) is 10.1 Å². The lowest BCUT2D eigenvalue weighted by Crippen LogP contribution is -2.56. The van der Waals surface area contributed by atoms with E-state index in [1.165, 1.54) is 37.2 Å². The molecule has 0 aromatic heterocycles. The predicted molar refractivity (Wildman–Crippen MR) is 122 cm³/mol. The fraction of sp³-hybridized carbons (Fsp3) is 0.654. The highest BCUT2D eigenvalue weighted by atomic mass is 19.1. The number of esters is 1. The Morgan fingerprint density at radius 1 is 1.12 bits per heavy atom. The molecular formula is C26H33FN2O5. The van der Waals surface area contributed by atoms with Crippen LogP contribution in [-0.2, 0) is 19.1 Å². The molecule has 8 heteroatoms. The van der Waals surface area contributed by atoms with E-state index in [0.29, 0.717) is 23.3 Å². The third kappa shape index (κ3) is 4.21. The third-order valence-corrected chi connectivity index (χ3v) is 8.41. The fourth-order valence-electron chi connectivity index (χ4n) is 7.16. The van der Waals surface area contributed by atoms with Gasteiger partial charge in [-0.15, -0.1) is 0 Å². The summed E-state index contributed by atoms with van der Waals surface area (Å²) in [5, 5.41) is 12.9. The van der Waals surface area contributed by atoms with Gasteiger partial charge in [0.25, 0.3) is 5.91 Å². The molecule has 0 unspecified atom stereocenters. The number of likely N-dealkylation sites (tertiary alicyclic amines) is 1. The average Bonchev–Trinajstić information content (AvgIpc) is 3.16. The molecule has 0 radical (unpaired) electrons. The van der Waals surface area contributed by atoms with Crippen molar-refractivity contribution in [2.45, 2.75) is 77.0 Å². The van der Waals surface area contributed by atoms with Gasteiger partial charge in [0.1, 0.15) is 11.9 Å². The van der Waals surface area contributed by atoms with Gasteiger partial charge in [-0.2, -0.15) is 0 Å². The van der Waals surface area contributed by atoms with Gasteiger partial charge in [0.15, 0.2) is 6.10 Å². The highest BCUT2D eigenvalue weighted by molar-refractivity contribution is 5.96. The molecule has 1 aromatic rings. The summed E-state index contributed by atoms with van der Waals surface area (Å²) in [6, 6.07) is 3.43. The monoisotopic (exact) mass is 472 g/mol. The van der Waals surface area contributed by atoms with E-state index in [1.807, 2.05) is 0 Å². The van der Waals surface area contributed by atoms with Crippen molar-refractivity contribution in [3.63, 3.8) is 0 Å². The molecule has 7 nitrogen and oxygen atoms in total. The minimum absolute atomic E-state index is 0.0302. The Balaban J connectivity index is 1.25. The largest absolute Gasteiger partial charge is 0.451 e. The number of hydrogen-bond acceptors (Lipinski definition) is 5. The number of aliphatic hydroxyl groups excluding tert-OH is 1. The fourth-order valence-corrected chi connectivity index (χ4v) is 7.16. The molecule has 4 saturated carbocycles. The molecule has 34 heavy (non-hydrogen) atoms. The van der Waals surface area contributed by atoms with Crippen LogP contribution in [0.25, 0.3) is 0 Å². The Morgan fingerprint density at radius 2 is 1.74 bits per heavy atom. The van der Waals surface area contributed by atoms with Crippen LogP contribution in [0.2, 0.25) is 0 Å². The molecule has 5 fully saturated rings. The Labute approximate surface area is 199 Å². The zero-order valence-corrected chi connectivity index (χ0v) is 19.8. The van der Waals surface area contributed by atoms with Crippen molar-refractivity contribution in [3.8, 4) is 0 Å². The summed E-state index contributed by atoms with van der Waals surface area (Å²) < 4.78 is 19.2. The molecule has 6 rings (SSSR count). The molecule has 5 aliphatic rings. The summed E-state index contributed by atoms with van der Waals surface area (Å²) in [5.74, 6) is 0.00963. The molecule has 4 bridgehead atoms. The van der Waals surface area contributed by atoms with Crippen LogP contribution in [0, 0.1) is 35.9 Å². The minimum atomic E-state index is -1.13. The number of rotatable bonds is 5. The van der Waals surface area contributed by atoms with Crippen LogP contribution in [0.1, 0.15) is 57.4 Å². The second kappa shape index (κ2) is 8.63. The number of halogens is 1. The van der Waals surface area contributed by atoms with Crippen LogP contribution < -0.4 is 5.32 Å². The first-order valence-electron chi connectivity index (χ1n) is 12.4. The summed E-state index contributed by atoms with van der Waals surface area (Å²) in [5.41, 5.74) is 0.308.